The van der Waals surface area contributed by atoms with E-state index in [4.69, 9.17) is 5.11 Å². The molecule has 0 amide bonds. The van der Waals surface area contributed by atoms with E-state index in [1.807, 2.05) is 0 Å². The molecule has 1 heterocycles. The van der Waals surface area contributed by atoms with Crippen molar-refractivity contribution >= 4 is 0 Å². The van der Waals surface area contributed by atoms with E-state index in [-0.39, 0.29) is 0 Å². The molecule has 0 spiro atoms. The van der Waals surface area contributed by atoms with Crippen LogP contribution in [0, 0.1) is 11.8 Å². The molecule has 0 aromatic carbocycles. The second kappa shape index (κ2) is 8.32. The molecular formula is C16H33N3O. The van der Waals surface area contributed by atoms with Gasteiger partial charge >= 0.3 is 0 Å². The monoisotopic (exact) mass is 283 g/mol. The van der Waals surface area contributed by atoms with Gasteiger partial charge in [-0.05, 0) is 57.7 Å². The van der Waals surface area contributed by atoms with Gasteiger partial charge < -0.3 is 15.3 Å². The summed E-state index contributed by atoms with van der Waals surface area (Å²) in [5.41, 5.74) is 0. The molecule has 118 valence electrons. The maximum absolute atomic E-state index is 9.07. The zero-order chi connectivity index (χ0) is 14.4. The van der Waals surface area contributed by atoms with Gasteiger partial charge in [0.2, 0.25) is 0 Å². The van der Waals surface area contributed by atoms with E-state index in [2.05, 4.69) is 29.1 Å². The Morgan fingerprint density at radius 2 is 1.85 bits per heavy atom. The second-order valence-electron chi connectivity index (χ2n) is 6.79. The number of aliphatic hydroxyl groups excluding tert-OH is 1. The lowest BCUT2D eigenvalue weighted by Crippen LogP contribution is -2.45. The van der Waals surface area contributed by atoms with Crippen molar-refractivity contribution in [2.45, 2.75) is 38.6 Å². The molecule has 2 rings (SSSR count). The summed E-state index contributed by atoms with van der Waals surface area (Å²) in [5, 5.41) is 12.6. The van der Waals surface area contributed by atoms with E-state index in [0.29, 0.717) is 12.6 Å². The standard InChI is InChI=1S/C16H33N3O/c1-14-4-5-16(17-2)15(12-14)13-19-7-3-6-18(8-9-19)10-11-20/h14-17,20H,3-13H2,1-2H3. The summed E-state index contributed by atoms with van der Waals surface area (Å²) in [4.78, 5) is 5.06. The maximum Gasteiger partial charge on any atom is 0.0558 e. The summed E-state index contributed by atoms with van der Waals surface area (Å²) in [6.45, 7) is 9.45. The fourth-order valence-corrected chi connectivity index (χ4v) is 3.98. The molecule has 4 heteroatoms. The molecule has 3 unspecified atom stereocenters. The van der Waals surface area contributed by atoms with Crippen LogP contribution in [0.3, 0.4) is 0 Å². The van der Waals surface area contributed by atoms with Gasteiger partial charge in [0.1, 0.15) is 0 Å². The van der Waals surface area contributed by atoms with Crippen molar-refractivity contribution in [2.24, 2.45) is 11.8 Å². The summed E-state index contributed by atoms with van der Waals surface area (Å²) in [7, 11) is 2.12. The van der Waals surface area contributed by atoms with Crippen molar-refractivity contribution in [1.82, 2.24) is 15.1 Å². The molecule has 1 saturated carbocycles. The van der Waals surface area contributed by atoms with Gasteiger partial charge in [0.05, 0.1) is 6.61 Å². The number of β-amino-alcohol motifs (C(OH)–C–C–N with tert-alkyl or cyclic N) is 1. The van der Waals surface area contributed by atoms with Gasteiger partial charge in [-0.15, -0.1) is 0 Å². The van der Waals surface area contributed by atoms with Gasteiger partial charge in [-0.3, -0.25) is 4.90 Å². The van der Waals surface area contributed by atoms with Crippen LogP contribution in [-0.4, -0.2) is 73.9 Å². The minimum absolute atomic E-state index is 0.294. The normalized spacial score (nSPS) is 34.0. The Kier molecular flexibility index (Phi) is 6.75. The van der Waals surface area contributed by atoms with Crippen LogP contribution in [0.15, 0.2) is 0 Å². The van der Waals surface area contributed by atoms with E-state index < -0.39 is 0 Å². The van der Waals surface area contributed by atoms with E-state index in [0.717, 1.165) is 31.5 Å². The first-order valence-electron chi connectivity index (χ1n) is 8.45. The molecule has 2 N–H and O–H groups in total. The first kappa shape index (κ1) is 16.2. The zero-order valence-electron chi connectivity index (χ0n) is 13.4. The van der Waals surface area contributed by atoms with Gasteiger partial charge in [0, 0.05) is 32.2 Å². The van der Waals surface area contributed by atoms with Crippen molar-refractivity contribution in [2.75, 3.05) is 52.9 Å². The van der Waals surface area contributed by atoms with Crippen LogP contribution in [-0.2, 0) is 0 Å². The number of hydrogen-bond acceptors (Lipinski definition) is 4. The van der Waals surface area contributed by atoms with Gasteiger partial charge in [0.25, 0.3) is 0 Å². The van der Waals surface area contributed by atoms with Crippen molar-refractivity contribution < 1.29 is 5.11 Å². The Balaban J connectivity index is 1.82. The highest BCUT2D eigenvalue weighted by molar-refractivity contribution is 4.85. The average Bonchev–Trinajstić information content (AvgIpc) is 2.65. The molecular weight excluding hydrogens is 250 g/mol. The van der Waals surface area contributed by atoms with Crippen molar-refractivity contribution in [1.29, 1.82) is 0 Å². The van der Waals surface area contributed by atoms with Crippen LogP contribution in [0.5, 0.6) is 0 Å². The second-order valence-corrected chi connectivity index (χ2v) is 6.79. The lowest BCUT2D eigenvalue weighted by molar-refractivity contribution is 0.147. The Hall–Kier alpha value is -0.160. The molecule has 1 aliphatic carbocycles. The number of hydrogen-bond donors (Lipinski definition) is 2. The predicted molar refractivity (Wildman–Crippen MR) is 83.9 cm³/mol. The molecule has 2 aliphatic rings. The van der Waals surface area contributed by atoms with Crippen LogP contribution < -0.4 is 5.32 Å². The van der Waals surface area contributed by atoms with Crippen molar-refractivity contribution in [3.8, 4) is 0 Å². The third-order valence-electron chi connectivity index (χ3n) is 5.21. The molecule has 3 atom stereocenters. The number of nitrogens with one attached hydrogen (secondary N) is 1. The highest BCUT2D eigenvalue weighted by atomic mass is 16.3. The topological polar surface area (TPSA) is 38.7 Å². The Bertz CT molecular complexity index is 274. The molecule has 0 bridgehead atoms. The van der Waals surface area contributed by atoms with Gasteiger partial charge in [-0.25, -0.2) is 0 Å². The third-order valence-corrected chi connectivity index (χ3v) is 5.21. The third kappa shape index (κ3) is 4.69. The lowest BCUT2D eigenvalue weighted by atomic mass is 9.78. The number of rotatable bonds is 5. The summed E-state index contributed by atoms with van der Waals surface area (Å²) in [6, 6.07) is 0.711. The fourth-order valence-electron chi connectivity index (χ4n) is 3.98. The quantitative estimate of drug-likeness (QED) is 0.790. The predicted octanol–water partition coefficient (Wildman–Crippen LogP) is 1.01. The summed E-state index contributed by atoms with van der Waals surface area (Å²) < 4.78 is 0. The summed E-state index contributed by atoms with van der Waals surface area (Å²) in [5.74, 6) is 1.70. The van der Waals surface area contributed by atoms with Gasteiger partial charge in [0.15, 0.2) is 0 Å². The highest BCUT2D eigenvalue weighted by Gasteiger charge is 2.29. The Morgan fingerprint density at radius 1 is 1.10 bits per heavy atom. The average molecular weight is 283 g/mol. The molecule has 1 saturated heterocycles. The maximum atomic E-state index is 9.07. The lowest BCUT2D eigenvalue weighted by Gasteiger charge is -2.37. The van der Waals surface area contributed by atoms with Gasteiger partial charge in [-0.2, -0.15) is 0 Å². The van der Waals surface area contributed by atoms with Crippen LogP contribution in [0.1, 0.15) is 32.6 Å². The zero-order valence-corrected chi connectivity index (χ0v) is 13.4. The van der Waals surface area contributed by atoms with Crippen LogP contribution in [0.25, 0.3) is 0 Å². The summed E-state index contributed by atoms with van der Waals surface area (Å²) >= 11 is 0. The molecule has 2 fully saturated rings. The highest BCUT2D eigenvalue weighted by Crippen LogP contribution is 2.29. The largest absolute Gasteiger partial charge is 0.395 e. The van der Waals surface area contributed by atoms with Crippen LogP contribution in [0.4, 0.5) is 0 Å². The first-order valence-corrected chi connectivity index (χ1v) is 8.45. The molecule has 0 aromatic heterocycles. The fraction of sp³-hybridized carbons (Fsp3) is 1.00. The van der Waals surface area contributed by atoms with Crippen molar-refractivity contribution in [3.63, 3.8) is 0 Å². The molecule has 0 radical (unpaired) electrons. The SMILES string of the molecule is CNC1CCC(C)CC1CN1CCCN(CCO)CC1. The number of nitrogens with zero attached hydrogens (tertiary/aromatic N) is 2. The molecule has 4 nitrogen and oxygen atoms in total. The van der Waals surface area contributed by atoms with E-state index >= 15 is 0 Å². The first-order chi connectivity index (χ1) is 9.72. The van der Waals surface area contributed by atoms with Crippen molar-refractivity contribution in [3.05, 3.63) is 0 Å². The Labute approximate surface area is 124 Å². The minimum Gasteiger partial charge on any atom is -0.395 e. The molecule has 20 heavy (non-hydrogen) atoms. The Morgan fingerprint density at radius 3 is 2.60 bits per heavy atom. The van der Waals surface area contributed by atoms with E-state index in [1.54, 1.807) is 0 Å². The van der Waals surface area contributed by atoms with E-state index in [9.17, 15) is 0 Å². The minimum atomic E-state index is 0.294. The summed E-state index contributed by atoms with van der Waals surface area (Å²) in [6.07, 6.45) is 5.34. The van der Waals surface area contributed by atoms with Gasteiger partial charge in [-0.1, -0.05) is 6.92 Å². The van der Waals surface area contributed by atoms with Crippen LogP contribution >= 0.6 is 0 Å². The van der Waals surface area contributed by atoms with Crippen LogP contribution in [0.2, 0.25) is 0 Å². The molecule has 1 aliphatic heterocycles. The molecule has 0 aromatic rings. The smallest absolute Gasteiger partial charge is 0.0558 e. The number of aliphatic hydroxyl groups is 1. The van der Waals surface area contributed by atoms with E-state index in [1.165, 1.54) is 45.3 Å².